The number of amides is 1. The van der Waals surface area contributed by atoms with Gasteiger partial charge in [-0.15, -0.1) is 0 Å². The summed E-state index contributed by atoms with van der Waals surface area (Å²) in [5.41, 5.74) is 6.66. The Labute approximate surface area is 122 Å². The molecule has 0 bridgehead atoms. The quantitative estimate of drug-likeness (QED) is 0.840. The molecule has 0 spiro atoms. The number of carbonyl (C=O) groups excluding carboxylic acids is 1. The first-order valence-corrected chi connectivity index (χ1v) is 6.54. The zero-order valence-electron chi connectivity index (χ0n) is 10.3. The van der Waals surface area contributed by atoms with Crippen molar-refractivity contribution in [2.45, 2.75) is 6.42 Å². The number of nitrogens with one attached hydrogen (secondary N) is 1. The molecule has 0 aliphatic heterocycles. The summed E-state index contributed by atoms with van der Waals surface area (Å²) in [6.07, 6.45) is -0.250. The topological polar surface area (TPSA) is 55.1 Å². The molecular weight excluding hydrogens is 330 g/mol. The Morgan fingerprint density at radius 3 is 2.70 bits per heavy atom. The molecule has 0 saturated heterocycles. The summed E-state index contributed by atoms with van der Waals surface area (Å²) in [6, 6.07) is 8.65. The minimum atomic E-state index is -1.00. The van der Waals surface area contributed by atoms with Crippen molar-refractivity contribution in [2.75, 3.05) is 11.1 Å². The molecule has 104 valence electrons. The second-order valence-corrected chi connectivity index (χ2v) is 5.03. The number of benzene rings is 2. The minimum Gasteiger partial charge on any atom is -0.398 e. The van der Waals surface area contributed by atoms with Crippen LogP contribution in [0.25, 0.3) is 0 Å². The second-order valence-electron chi connectivity index (χ2n) is 4.17. The molecule has 1 amide bonds. The van der Waals surface area contributed by atoms with Crippen LogP contribution >= 0.6 is 15.9 Å². The van der Waals surface area contributed by atoms with Gasteiger partial charge in [-0.2, -0.15) is 0 Å². The van der Waals surface area contributed by atoms with Crippen molar-refractivity contribution in [3.05, 3.63) is 58.1 Å². The highest BCUT2D eigenvalue weighted by molar-refractivity contribution is 9.10. The van der Waals surface area contributed by atoms with Crippen LogP contribution in [0.2, 0.25) is 0 Å². The number of nitrogens with two attached hydrogens (primary N) is 1. The van der Waals surface area contributed by atoms with Crippen LogP contribution in [-0.4, -0.2) is 5.91 Å². The van der Waals surface area contributed by atoms with Crippen molar-refractivity contribution in [3.63, 3.8) is 0 Å². The van der Waals surface area contributed by atoms with E-state index in [0.717, 1.165) is 6.07 Å². The van der Waals surface area contributed by atoms with Gasteiger partial charge >= 0.3 is 0 Å². The van der Waals surface area contributed by atoms with Crippen LogP contribution in [0.4, 0.5) is 20.2 Å². The lowest BCUT2D eigenvalue weighted by Gasteiger charge is -2.08. The summed E-state index contributed by atoms with van der Waals surface area (Å²) in [5.74, 6) is -2.42. The molecule has 3 N–H and O–H groups in total. The molecule has 0 aliphatic carbocycles. The molecule has 2 rings (SSSR count). The summed E-state index contributed by atoms with van der Waals surface area (Å²) < 4.78 is 27.2. The summed E-state index contributed by atoms with van der Waals surface area (Å²) in [4.78, 5) is 11.8. The molecule has 0 aliphatic rings. The smallest absolute Gasteiger partial charge is 0.228 e. The van der Waals surface area contributed by atoms with E-state index in [2.05, 4.69) is 21.2 Å². The molecule has 6 heteroatoms. The van der Waals surface area contributed by atoms with Crippen molar-refractivity contribution in [1.82, 2.24) is 0 Å². The average molecular weight is 341 g/mol. The fourth-order valence-electron chi connectivity index (χ4n) is 1.68. The SMILES string of the molecule is Nc1cc(NC(=O)Cc2cccc(F)c2F)ccc1Br. The van der Waals surface area contributed by atoms with E-state index in [0.29, 0.717) is 15.8 Å². The Kier molecular flexibility index (Phi) is 4.34. The van der Waals surface area contributed by atoms with Gasteiger partial charge in [0, 0.05) is 21.4 Å². The number of hydrogen-bond acceptors (Lipinski definition) is 2. The van der Waals surface area contributed by atoms with Crippen LogP contribution in [0.1, 0.15) is 5.56 Å². The monoisotopic (exact) mass is 340 g/mol. The van der Waals surface area contributed by atoms with Gasteiger partial charge in [-0.05, 0) is 40.2 Å². The largest absolute Gasteiger partial charge is 0.398 e. The Balaban J connectivity index is 2.09. The zero-order valence-corrected chi connectivity index (χ0v) is 11.9. The molecule has 0 radical (unpaired) electrons. The maximum absolute atomic E-state index is 13.4. The predicted octanol–water partition coefficient (Wildman–Crippen LogP) is 3.49. The van der Waals surface area contributed by atoms with Crippen LogP contribution in [0.5, 0.6) is 0 Å². The van der Waals surface area contributed by atoms with E-state index in [4.69, 9.17) is 5.73 Å². The molecule has 20 heavy (non-hydrogen) atoms. The first-order valence-electron chi connectivity index (χ1n) is 5.75. The molecule has 0 atom stereocenters. The maximum atomic E-state index is 13.4. The zero-order chi connectivity index (χ0) is 14.7. The van der Waals surface area contributed by atoms with Gasteiger partial charge in [0.2, 0.25) is 5.91 Å². The molecule has 3 nitrogen and oxygen atoms in total. The molecular formula is C14H11BrF2N2O. The first kappa shape index (κ1) is 14.5. The van der Waals surface area contributed by atoms with E-state index in [-0.39, 0.29) is 12.0 Å². The number of rotatable bonds is 3. The van der Waals surface area contributed by atoms with Gasteiger partial charge in [0.25, 0.3) is 0 Å². The van der Waals surface area contributed by atoms with E-state index in [1.807, 2.05) is 0 Å². The average Bonchev–Trinajstić information content (AvgIpc) is 2.39. The van der Waals surface area contributed by atoms with Gasteiger partial charge in [-0.1, -0.05) is 12.1 Å². The minimum absolute atomic E-state index is 0.00702. The maximum Gasteiger partial charge on any atom is 0.228 e. The van der Waals surface area contributed by atoms with Crippen molar-refractivity contribution in [2.24, 2.45) is 0 Å². The van der Waals surface area contributed by atoms with Gasteiger partial charge in [0.1, 0.15) is 0 Å². The standard InChI is InChI=1S/C14H11BrF2N2O/c15-10-5-4-9(7-12(10)18)19-13(20)6-8-2-1-3-11(16)14(8)17/h1-5,7H,6,18H2,(H,19,20). The van der Waals surface area contributed by atoms with E-state index in [1.54, 1.807) is 18.2 Å². The van der Waals surface area contributed by atoms with Crippen LogP contribution < -0.4 is 11.1 Å². The third kappa shape index (κ3) is 3.33. The number of anilines is 2. The van der Waals surface area contributed by atoms with Crippen molar-refractivity contribution >= 4 is 33.2 Å². The lowest BCUT2D eigenvalue weighted by atomic mass is 10.1. The van der Waals surface area contributed by atoms with E-state index in [9.17, 15) is 13.6 Å². The van der Waals surface area contributed by atoms with Gasteiger partial charge in [0.05, 0.1) is 6.42 Å². The van der Waals surface area contributed by atoms with Crippen LogP contribution in [-0.2, 0) is 11.2 Å². The number of carbonyl (C=O) groups is 1. The Morgan fingerprint density at radius 2 is 2.00 bits per heavy atom. The normalized spacial score (nSPS) is 10.3. The van der Waals surface area contributed by atoms with Gasteiger partial charge in [0.15, 0.2) is 11.6 Å². The van der Waals surface area contributed by atoms with E-state index in [1.165, 1.54) is 12.1 Å². The number of hydrogen-bond donors (Lipinski definition) is 2. The number of nitrogen functional groups attached to an aromatic ring is 1. The van der Waals surface area contributed by atoms with Crippen molar-refractivity contribution < 1.29 is 13.6 Å². The predicted molar refractivity (Wildman–Crippen MR) is 77.2 cm³/mol. The third-order valence-corrected chi connectivity index (χ3v) is 3.38. The van der Waals surface area contributed by atoms with Gasteiger partial charge < -0.3 is 11.1 Å². The third-order valence-electron chi connectivity index (χ3n) is 2.66. The van der Waals surface area contributed by atoms with Crippen molar-refractivity contribution in [1.29, 1.82) is 0 Å². The van der Waals surface area contributed by atoms with E-state index < -0.39 is 17.5 Å². The lowest BCUT2D eigenvalue weighted by Crippen LogP contribution is -2.15. The fraction of sp³-hybridized carbons (Fsp3) is 0.0714. The first-order chi connectivity index (χ1) is 9.47. The van der Waals surface area contributed by atoms with Gasteiger partial charge in [-0.25, -0.2) is 8.78 Å². The lowest BCUT2D eigenvalue weighted by molar-refractivity contribution is -0.115. The van der Waals surface area contributed by atoms with Crippen LogP contribution in [0, 0.1) is 11.6 Å². The van der Waals surface area contributed by atoms with Crippen molar-refractivity contribution in [3.8, 4) is 0 Å². The summed E-state index contributed by atoms with van der Waals surface area (Å²) in [6.45, 7) is 0. The Hall–Kier alpha value is -1.95. The summed E-state index contributed by atoms with van der Waals surface area (Å²) in [5, 5.41) is 2.58. The van der Waals surface area contributed by atoms with Gasteiger partial charge in [-0.3, -0.25) is 4.79 Å². The molecule has 0 heterocycles. The van der Waals surface area contributed by atoms with E-state index >= 15 is 0 Å². The highest BCUT2D eigenvalue weighted by Gasteiger charge is 2.12. The second kappa shape index (κ2) is 6.00. The molecule has 0 saturated carbocycles. The Morgan fingerprint density at radius 1 is 1.25 bits per heavy atom. The summed E-state index contributed by atoms with van der Waals surface area (Å²) in [7, 11) is 0. The van der Waals surface area contributed by atoms with Crippen LogP contribution in [0.3, 0.4) is 0 Å². The highest BCUT2D eigenvalue weighted by atomic mass is 79.9. The molecule has 0 fully saturated rings. The molecule has 0 unspecified atom stereocenters. The summed E-state index contributed by atoms with van der Waals surface area (Å²) >= 11 is 3.24. The Bertz CT molecular complexity index is 662. The van der Waals surface area contributed by atoms with Crippen LogP contribution in [0.15, 0.2) is 40.9 Å². The molecule has 2 aromatic rings. The molecule has 0 aromatic heterocycles. The molecule has 2 aromatic carbocycles. The highest BCUT2D eigenvalue weighted by Crippen LogP contribution is 2.23. The fourth-order valence-corrected chi connectivity index (χ4v) is 1.93. The number of halogens is 3.